The Morgan fingerprint density at radius 2 is 1.92 bits per heavy atom. The third kappa shape index (κ3) is 2.84. The number of rotatable bonds is 4. The van der Waals surface area contributed by atoms with Crippen molar-refractivity contribution in [1.29, 1.82) is 0 Å². The van der Waals surface area contributed by atoms with Gasteiger partial charge in [-0.3, -0.25) is 5.43 Å². The molecule has 0 saturated heterocycles. The highest BCUT2D eigenvalue weighted by Crippen LogP contribution is 2.23. The zero-order valence-electron chi connectivity index (χ0n) is 13.8. The molecule has 0 fully saturated rings. The van der Waals surface area contributed by atoms with Crippen LogP contribution in [0.2, 0.25) is 0 Å². The maximum absolute atomic E-state index is 11.4. The number of hydrazone groups is 1. The quantitative estimate of drug-likeness (QED) is 0.347. The van der Waals surface area contributed by atoms with Gasteiger partial charge in [0, 0.05) is 10.8 Å². The van der Waals surface area contributed by atoms with Crippen LogP contribution in [0.4, 0.5) is 5.82 Å². The van der Waals surface area contributed by atoms with Crippen molar-refractivity contribution in [2.75, 3.05) is 12.5 Å². The van der Waals surface area contributed by atoms with Gasteiger partial charge >= 0.3 is 5.97 Å². The van der Waals surface area contributed by atoms with Crippen molar-refractivity contribution < 1.29 is 9.53 Å². The molecule has 2 heterocycles. The van der Waals surface area contributed by atoms with Gasteiger partial charge in [0.2, 0.25) is 0 Å². The molecule has 0 saturated carbocycles. The predicted octanol–water partition coefficient (Wildman–Crippen LogP) is 2.51. The molecule has 8 heteroatoms. The van der Waals surface area contributed by atoms with Gasteiger partial charge in [0.05, 0.1) is 18.9 Å². The normalized spacial score (nSPS) is 11.3. The fourth-order valence-electron chi connectivity index (χ4n) is 2.60. The maximum Gasteiger partial charge on any atom is 0.337 e. The maximum atomic E-state index is 11.4. The second-order valence-electron chi connectivity index (χ2n) is 5.48. The summed E-state index contributed by atoms with van der Waals surface area (Å²) in [6.45, 7) is 0. The number of benzene rings is 2. The van der Waals surface area contributed by atoms with Gasteiger partial charge in [-0.25, -0.2) is 4.79 Å². The van der Waals surface area contributed by atoms with Crippen LogP contribution in [0, 0.1) is 0 Å². The Bertz CT molecular complexity index is 1120. The Hall–Kier alpha value is -3.81. The lowest BCUT2D eigenvalue weighted by Crippen LogP contribution is -2.01. The Morgan fingerprint density at radius 3 is 2.69 bits per heavy atom. The van der Waals surface area contributed by atoms with Gasteiger partial charge in [0.15, 0.2) is 11.5 Å². The van der Waals surface area contributed by atoms with Gasteiger partial charge in [-0.15, -0.1) is 15.3 Å². The zero-order valence-corrected chi connectivity index (χ0v) is 13.8. The minimum absolute atomic E-state index is 0.371. The van der Waals surface area contributed by atoms with Gasteiger partial charge in [0.1, 0.15) is 6.33 Å². The number of nitrogens with one attached hydrogen (secondary N) is 1. The van der Waals surface area contributed by atoms with Crippen LogP contribution in [-0.2, 0) is 4.74 Å². The Morgan fingerprint density at radius 1 is 1.15 bits per heavy atom. The van der Waals surface area contributed by atoms with Gasteiger partial charge in [-0.1, -0.05) is 36.4 Å². The van der Waals surface area contributed by atoms with E-state index in [1.54, 1.807) is 41.3 Å². The lowest BCUT2D eigenvalue weighted by Gasteiger charge is -2.06. The van der Waals surface area contributed by atoms with Crippen molar-refractivity contribution in [3.8, 4) is 0 Å². The second-order valence-corrected chi connectivity index (χ2v) is 5.48. The summed E-state index contributed by atoms with van der Waals surface area (Å²) in [4.78, 5) is 11.4. The summed E-state index contributed by atoms with van der Waals surface area (Å²) in [5.41, 5.74) is 4.97. The summed E-state index contributed by atoms with van der Waals surface area (Å²) >= 11 is 0. The minimum atomic E-state index is -0.371. The molecule has 0 radical (unpaired) electrons. The summed E-state index contributed by atoms with van der Waals surface area (Å²) < 4.78 is 6.28. The lowest BCUT2D eigenvalue weighted by molar-refractivity contribution is 0.0600. The van der Waals surface area contributed by atoms with E-state index < -0.39 is 0 Å². The first-order valence-corrected chi connectivity index (χ1v) is 7.82. The number of ether oxygens (including phenoxy) is 1. The molecule has 0 aliphatic carbocycles. The lowest BCUT2D eigenvalue weighted by atomic mass is 10.1. The molecule has 0 unspecified atom stereocenters. The molecule has 0 atom stereocenters. The van der Waals surface area contributed by atoms with Crippen LogP contribution >= 0.6 is 0 Å². The molecule has 0 aliphatic heterocycles. The van der Waals surface area contributed by atoms with Crippen molar-refractivity contribution >= 4 is 34.4 Å². The van der Waals surface area contributed by atoms with Gasteiger partial charge in [-0.2, -0.15) is 9.62 Å². The number of carbonyl (C=O) groups is 1. The van der Waals surface area contributed by atoms with E-state index in [-0.39, 0.29) is 5.97 Å². The molecular formula is C18H14N6O2. The van der Waals surface area contributed by atoms with E-state index in [9.17, 15) is 4.79 Å². The van der Waals surface area contributed by atoms with E-state index >= 15 is 0 Å². The van der Waals surface area contributed by atoms with Crippen LogP contribution in [0.5, 0.6) is 0 Å². The number of anilines is 1. The first-order chi connectivity index (χ1) is 12.8. The van der Waals surface area contributed by atoms with Crippen LogP contribution in [0.1, 0.15) is 15.9 Å². The molecule has 0 amide bonds. The summed E-state index contributed by atoms with van der Waals surface area (Å²) in [5.74, 6) is 0.222. The van der Waals surface area contributed by atoms with Gasteiger partial charge < -0.3 is 4.74 Å². The SMILES string of the molecule is COC(=O)c1ccc(/C=N/Nc2nn3cnnc3c3ccccc23)cc1. The number of hydrogen-bond donors (Lipinski definition) is 1. The average Bonchev–Trinajstić information content (AvgIpc) is 3.17. The van der Waals surface area contributed by atoms with E-state index in [2.05, 4.69) is 30.6 Å². The summed E-state index contributed by atoms with van der Waals surface area (Å²) in [6.07, 6.45) is 3.19. The van der Waals surface area contributed by atoms with Crippen LogP contribution in [-0.4, -0.2) is 39.1 Å². The van der Waals surface area contributed by atoms with Crippen molar-refractivity contribution in [2.45, 2.75) is 0 Å². The van der Waals surface area contributed by atoms with Crippen molar-refractivity contribution in [1.82, 2.24) is 19.8 Å². The third-order valence-electron chi connectivity index (χ3n) is 3.88. The molecule has 26 heavy (non-hydrogen) atoms. The number of aromatic nitrogens is 4. The fourth-order valence-corrected chi connectivity index (χ4v) is 2.60. The Balaban J connectivity index is 1.61. The summed E-state index contributed by atoms with van der Waals surface area (Å²) in [7, 11) is 1.35. The zero-order chi connectivity index (χ0) is 17.9. The summed E-state index contributed by atoms with van der Waals surface area (Å²) in [6, 6.07) is 14.7. The van der Waals surface area contributed by atoms with Crippen LogP contribution in [0.25, 0.3) is 16.4 Å². The monoisotopic (exact) mass is 346 g/mol. The third-order valence-corrected chi connectivity index (χ3v) is 3.88. The van der Waals surface area contributed by atoms with Crippen molar-refractivity contribution in [3.05, 3.63) is 66.0 Å². The highest BCUT2D eigenvalue weighted by molar-refractivity contribution is 6.00. The molecule has 4 aromatic rings. The number of fused-ring (bicyclic) bond motifs is 3. The molecule has 8 nitrogen and oxygen atoms in total. The first-order valence-electron chi connectivity index (χ1n) is 7.82. The highest BCUT2D eigenvalue weighted by atomic mass is 16.5. The highest BCUT2D eigenvalue weighted by Gasteiger charge is 2.09. The molecule has 0 spiro atoms. The molecule has 128 valence electrons. The van der Waals surface area contributed by atoms with E-state index in [0.29, 0.717) is 17.0 Å². The molecule has 2 aromatic carbocycles. The van der Waals surface area contributed by atoms with Crippen LogP contribution in [0.15, 0.2) is 60.0 Å². The smallest absolute Gasteiger partial charge is 0.337 e. The van der Waals surface area contributed by atoms with Crippen LogP contribution < -0.4 is 5.43 Å². The van der Waals surface area contributed by atoms with Crippen LogP contribution in [0.3, 0.4) is 0 Å². The molecule has 0 bridgehead atoms. The Labute approximate surface area is 148 Å². The standard InChI is InChI=1S/C18H14N6O2/c1-26-18(25)13-8-6-12(7-9-13)10-19-21-16-14-4-2-3-5-15(14)17-22-20-11-24(17)23-16/h2-11H,1H3,(H,21,23)/b19-10+. The number of nitrogens with zero attached hydrogens (tertiary/aromatic N) is 5. The molecule has 2 aromatic heterocycles. The topological polar surface area (TPSA) is 93.8 Å². The van der Waals surface area contributed by atoms with E-state index in [0.717, 1.165) is 16.3 Å². The largest absolute Gasteiger partial charge is 0.465 e. The number of hydrogen-bond acceptors (Lipinski definition) is 7. The van der Waals surface area contributed by atoms with Gasteiger partial charge in [0.25, 0.3) is 0 Å². The number of esters is 1. The van der Waals surface area contributed by atoms with E-state index in [1.165, 1.54) is 7.11 Å². The molecule has 1 N–H and O–H groups in total. The van der Waals surface area contributed by atoms with Crippen molar-refractivity contribution in [3.63, 3.8) is 0 Å². The fraction of sp³-hybridized carbons (Fsp3) is 0.0556. The second kappa shape index (κ2) is 6.60. The van der Waals surface area contributed by atoms with E-state index in [4.69, 9.17) is 0 Å². The van der Waals surface area contributed by atoms with E-state index in [1.807, 2.05) is 24.3 Å². The number of methoxy groups -OCH3 is 1. The molecule has 4 rings (SSSR count). The molecular weight excluding hydrogens is 332 g/mol. The minimum Gasteiger partial charge on any atom is -0.465 e. The summed E-state index contributed by atoms with van der Waals surface area (Å²) in [5, 5.41) is 18.5. The van der Waals surface area contributed by atoms with Gasteiger partial charge in [-0.05, 0) is 17.7 Å². The molecule has 0 aliphatic rings. The predicted molar refractivity (Wildman–Crippen MR) is 97.3 cm³/mol. The van der Waals surface area contributed by atoms with Crippen molar-refractivity contribution in [2.24, 2.45) is 5.10 Å². The number of carbonyl (C=O) groups excluding carboxylic acids is 1. The average molecular weight is 346 g/mol. The first kappa shape index (κ1) is 15.7. The Kier molecular flexibility index (Phi) is 3.98.